The van der Waals surface area contributed by atoms with Crippen LogP contribution in [0.5, 0.6) is 0 Å². The number of pyridine rings is 1. The minimum absolute atomic E-state index is 0.376. The summed E-state index contributed by atoms with van der Waals surface area (Å²) in [4.78, 5) is 24.0. The van der Waals surface area contributed by atoms with Crippen LogP contribution in [0.15, 0.2) is 83.8 Å². The van der Waals surface area contributed by atoms with Gasteiger partial charge in [0.05, 0.1) is 22.8 Å². The van der Waals surface area contributed by atoms with E-state index in [0.717, 1.165) is 11.2 Å². The molecule has 0 radical (unpaired) electrons. The van der Waals surface area contributed by atoms with Crippen LogP contribution in [0.4, 0.5) is 4.39 Å². The summed E-state index contributed by atoms with van der Waals surface area (Å²) in [7, 11) is 0. The molecule has 0 saturated carbocycles. The highest BCUT2D eigenvalue weighted by Crippen LogP contribution is 2.33. The molecule has 0 fully saturated rings. The summed E-state index contributed by atoms with van der Waals surface area (Å²) < 4.78 is 15.6. The predicted octanol–water partition coefficient (Wildman–Crippen LogP) is 5.21. The number of fused-ring (bicyclic) bond motifs is 1. The molecule has 0 bridgehead atoms. The Balaban J connectivity index is 1.78. The normalized spacial score (nSPS) is 11.1. The van der Waals surface area contributed by atoms with Gasteiger partial charge in [0.1, 0.15) is 11.5 Å². The van der Waals surface area contributed by atoms with E-state index in [1.54, 1.807) is 30.3 Å². The smallest absolute Gasteiger partial charge is 0.304 e. The number of hydrogen-bond donors (Lipinski definition) is 1. The third-order valence-electron chi connectivity index (χ3n) is 4.77. The molecule has 0 unspecified atom stereocenters. The quantitative estimate of drug-likeness (QED) is 0.439. The molecule has 3 aromatic heterocycles. The van der Waals surface area contributed by atoms with Gasteiger partial charge in [0.25, 0.3) is 0 Å². The molecule has 5 aromatic rings. The summed E-state index contributed by atoms with van der Waals surface area (Å²) in [5.41, 5.74) is 3.85. The number of rotatable bonds is 3. The lowest BCUT2D eigenvalue weighted by Gasteiger charge is -2.08. The zero-order valence-electron chi connectivity index (χ0n) is 15.5. The zero-order valence-corrected chi connectivity index (χ0v) is 16.3. The standard InChI is InChI=1S/C23H14ClFN4O/c24-16-9-7-14(8-10-16)21-22(29-11-2-1-6-20(29)28-21)19-13-18(26-23(30)27-19)15-4-3-5-17(25)12-15/h1-13H,(H,26,27,30). The van der Waals surface area contributed by atoms with Crippen LogP contribution in [0.1, 0.15) is 0 Å². The number of hydrogen-bond acceptors (Lipinski definition) is 3. The maximum atomic E-state index is 13.7. The Morgan fingerprint density at radius 3 is 2.53 bits per heavy atom. The van der Waals surface area contributed by atoms with Crippen LogP contribution in [0, 0.1) is 5.82 Å². The second-order valence-corrected chi connectivity index (χ2v) is 7.18. The molecule has 2 aromatic carbocycles. The molecular formula is C23H14ClFN4O. The van der Waals surface area contributed by atoms with E-state index in [9.17, 15) is 9.18 Å². The summed E-state index contributed by atoms with van der Waals surface area (Å²) in [6, 6.07) is 20.7. The maximum absolute atomic E-state index is 13.7. The first kappa shape index (κ1) is 18.3. The van der Waals surface area contributed by atoms with Gasteiger partial charge in [0, 0.05) is 22.3 Å². The van der Waals surface area contributed by atoms with Gasteiger partial charge in [-0.3, -0.25) is 4.40 Å². The van der Waals surface area contributed by atoms with Crippen molar-refractivity contribution in [3.8, 4) is 33.9 Å². The maximum Gasteiger partial charge on any atom is 0.346 e. The number of benzene rings is 2. The van der Waals surface area contributed by atoms with Gasteiger partial charge >= 0.3 is 5.69 Å². The fraction of sp³-hybridized carbons (Fsp3) is 0. The largest absolute Gasteiger partial charge is 0.346 e. The van der Waals surface area contributed by atoms with E-state index in [1.165, 1.54) is 12.1 Å². The van der Waals surface area contributed by atoms with Gasteiger partial charge < -0.3 is 4.98 Å². The molecule has 30 heavy (non-hydrogen) atoms. The Labute approximate surface area is 175 Å². The number of H-pyrrole nitrogens is 1. The minimum atomic E-state index is -0.528. The van der Waals surface area contributed by atoms with Gasteiger partial charge in [-0.1, -0.05) is 41.9 Å². The molecule has 1 N–H and O–H groups in total. The van der Waals surface area contributed by atoms with Gasteiger partial charge in [0.2, 0.25) is 0 Å². The van der Waals surface area contributed by atoms with Crippen molar-refractivity contribution in [1.29, 1.82) is 0 Å². The van der Waals surface area contributed by atoms with Crippen molar-refractivity contribution in [3.63, 3.8) is 0 Å². The van der Waals surface area contributed by atoms with Crippen molar-refractivity contribution in [2.24, 2.45) is 0 Å². The predicted molar refractivity (Wildman–Crippen MR) is 115 cm³/mol. The minimum Gasteiger partial charge on any atom is -0.304 e. The van der Waals surface area contributed by atoms with Crippen molar-refractivity contribution in [1.82, 2.24) is 19.4 Å². The zero-order chi connectivity index (χ0) is 20.7. The molecule has 0 spiro atoms. The lowest BCUT2D eigenvalue weighted by atomic mass is 10.1. The van der Waals surface area contributed by atoms with Crippen LogP contribution in [-0.4, -0.2) is 19.4 Å². The number of imidazole rings is 1. The van der Waals surface area contributed by atoms with Crippen LogP contribution < -0.4 is 5.69 Å². The molecule has 7 heteroatoms. The number of aromatic nitrogens is 4. The molecule has 5 rings (SSSR count). The van der Waals surface area contributed by atoms with E-state index in [2.05, 4.69) is 9.97 Å². The monoisotopic (exact) mass is 416 g/mol. The molecule has 0 aliphatic heterocycles. The van der Waals surface area contributed by atoms with E-state index in [-0.39, 0.29) is 0 Å². The molecule has 0 aliphatic carbocycles. The first-order valence-corrected chi connectivity index (χ1v) is 9.57. The summed E-state index contributed by atoms with van der Waals surface area (Å²) in [5, 5.41) is 0.620. The van der Waals surface area contributed by atoms with E-state index < -0.39 is 11.5 Å². The molecule has 5 nitrogen and oxygen atoms in total. The fourth-order valence-corrected chi connectivity index (χ4v) is 3.57. The van der Waals surface area contributed by atoms with E-state index in [0.29, 0.717) is 33.4 Å². The third-order valence-corrected chi connectivity index (χ3v) is 5.02. The topological polar surface area (TPSA) is 63.1 Å². The second kappa shape index (κ2) is 7.24. The number of nitrogens with one attached hydrogen (secondary N) is 1. The molecule has 146 valence electrons. The van der Waals surface area contributed by atoms with Gasteiger partial charge in [-0.05, 0) is 42.5 Å². The highest BCUT2D eigenvalue weighted by molar-refractivity contribution is 6.30. The van der Waals surface area contributed by atoms with E-state index >= 15 is 0 Å². The Morgan fingerprint density at radius 2 is 1.73 bits per heavy atom. The third kappa shape index (κ3) is 3.27. The Kier molecular flexibility index (Phi) is 4.41. The molecular weight excluding hydrogens is 403 g/mol. The van der Waals surface area contributed by atoms with Crippen molar-refractivity contribution in [2.45, 2.75) is 0 Å². The van der Waals surface area contributed by atoms with Crippen molar-refractivity contribution < 1.29 is 4.39 Å². The SMILES string of the molecule is O=c1nc(-c2cccc(F)c2)cc(-c2c(-c3ccc(Cl)cc3)nc3ccccn23)[nH]1. The summed E-state index contributed by atoms with van der Waals surface area (Å²) in [6.45, 7) is 0. The highest BCUT2D eigenvalue weighted by Gasteiger charge is 2.18. The summed E-state index contributed by atoms with van der Waals surface area (Å²) >= 11 is 6.04. The molecule has 0 aliphatic rings. The van der Waals surface area contributed by atoms with Crippen LogP contribution in [0.3, 0.4) is 0 Å². The molecule has 3 heterocycles. The van der Waals surface area contributed by atoms with Crippen LogP contribution >= 0.6 is 11.6 Å². The van der Waals surface area contributed by atoms with Gasteiger partial charge in [-0.25, -0.2) is 14.2 Å². The van der Waals surface area contributed by atoms with Crippen LogP contribution in [0.2, 0.25) is 5.02 Å². The Hall–Kier alpha value is -3.77. The van der Waals surface area contributed by atoms with Crippen molar-refractivity contribution in [3.05, 3.63) is 100 Å². The van der Waals surface area contributed by atoms with Gasteiger partial charge in [-0.15, -0.1) is 0 Å². The number of nitrogens with zero attached hydrogens (tertiary/aromatic N) is 3. The lowest BCUT2D eigenvalue weighted by Crippen LogP contribution is -2.12. The van der Waals surface area contributed by atoms with Crippen molar-refractivity contribution >= 4 is 17.2 Å². The Morgan fingerprint density at radius 1 is 0.900 bits per heavy atom. The Bertz CT molecular complexity index is 1440. The number of halogens is 2. The highest BCUT2D eigenvalue weighted by atomic mass is 35.5. The molecule has 0 amide bonds. The van der Waals surface area contributed by atoms with E-state index in [1.807, 2.05) is 40.9 Å². The summed E-state index contributed by atoms with van der Waals surface area (Å²) in [5.74, 6) is -0.396. The average molecular weight is 417 g/mol. The first-order chi connectivity index (χ1) is 14.6. The summed E-state index contributed by atoms with van der Waals surface area (Å²) in [6.07, 6.45) is 1.87. The fourth-order valence-electron chi connectivity index (χ4n) is 3.44. The van der Waals surface area contributed by atoms with Crippen LogP contribution in [-0.2, 0) is 0 Å². The second-order valence-electron chi connectivity index (χ2n) is 6.74. The number of aromatic amines is 1. The van der Waals surface area contributed by atoms with Gasteiger partial charge in [-0.2, -0.15) is 4.98 Å². The molecule has 0 atom stereocenters. The lowest BCUT2D eigenvalue weighted by molar-refractivity contribution is 0.628. The average Bonchev–Trinajstić information content (AvgIpc) is 3.13. The van der Waals surface area contributed by atoms with Gasteiger partial charge in [0.15, 0.2) is 0 Å². The van der Waals surface area contributed by atoms with Crippen LogP contribution in [0.25, 0.3) is 39.5 Å². The molecule has 0 saturated heterocycles. The van der Waals surface area contributed by atoms with E-state index in [4.69, 9.17) is 16.6 Å². The first-order valence-electron chi connectivity index (χ1n) is 9.19. The van der Waals surface area contributed by atoms with Crippen molar-refractivity contribution in [2.75, 3.05) is 0 Å².